The predicted molar refractivity (Wildman–Crippen MR) is 82.9 cm³/mol. The SMILES string of the molecule is O=C(NC(C(=O)O)C1CCCOC1)C1Cc2ccccc2S1. The standard InChI is InChI=1S/C16H19NO4S/c18-15(13-8-10-4-1-2-6-12(10)22-13)17-14(16(19)20)11-5-3-7-21-9-11/h1-2,4,6,11,13-14H,3,5,7-9H2,(H,17,18)(H,19,20). The number of aliphatic carboxylic acids is 1. The first-order valence-electron chi connectivity index (χ1n) is 7.50. The number of nitrogens with one attached hydrogen (secondary N) is 1. The van der Waals surface area contributed by atoms with Gasteiger partial charge in [-0.15, -0.1) is 11.8 Å². The molecule has 118 valence electrons. The van der Waals surface area contributed by atoms with E-state index in [1.165, 1.54) is 11.8 Å². The Kier molecular flexibility index (Phi) is 4.69. The Morgan fingerprint density at radius 2 is 2.18 bits per heavy atom. The van der Waals surface area contributed by atoms with Gasteiger partial charge in [0.1, 0.15) is 6.04 Å². The molecule has 3 rings (SSSR count). The maximum atomic E-state index is 12.4. The fourth-order valence-corrected chi connectivity index (χ4v) is 4.19. The van der Waals surface area contributed by atoms with Gasteiger partial charge in [0.15, 0.2) is 0 Å². The third-order valence-corrected chi connectivity index (χ3v) is 5.49. The zero-order valence-electron chi connectivity index (χ0n) is 12.2. The van der Waals surface area contributed by atoms with Gasteiger partial charge in [-0.2, -0.15) is 0 Å². The highest BCUT2D eigenvalue weighted by Crippen LogP contribution is 2.36. The van der Waals surface area contributed by atoms with E-state index in [0.717, 1.165) is 23.3 Å². The second-order valence-electron chi connectivity index (χ2n) is 5.72. The lowest BCUT2D eigenvalue weighted by Crippen LogP contribution is -2.50. The molecule has 0 radical (unpaired) electrons. The molecular formula is C16H19NO4S. The first-order valence-corrected chi connectivity index (χ1v) is 8.38. The lowest BCUT2D eigenvalue weighted by Gasteiger charge is -2.28. The van der Waals surface area contributed by atoms with Crippen molar-refractivity contribution in [2.24, 2.45) is 5.92 Å². The molecule has 0 spiro atoms. The fourth-order valence-electron chi connectivity index (χ4n) is 2.98. The van der Waals surface area contributed by atoms with Crippen LogP contribution in [0, 0.1) is 5.92 Å². The summed E-state index contributed by atoms with van der Waals surface area (Å²) >= 11 is 1.51. The van der Waals surface area contributed by atoms with Crippen LogP contribution in [0.2, 0.25) is 0 Å². The molecule has 0 saturated carbocycles. The summed E-state index contributed by atoms with van der Waals surface area (Å²) in [6, 6.07) is 7.05. The Morgan fingerprint density at radius 1 is 1.36 bits per heavy atom. The average molecular weight is 321 g/mol. The fraction of sp³-hybridized carbons (Fsp3) is 0.500. The van der Waals surface area contributed by atoms with Gasteiger partial charge in [0.25, 0.3) is 0 Å². The van der Waals surface area contributed by atoms with Crippen molar-refractivity contribution in [2.75, 3.05) is 13.2 Å². The van der Waals surface area contributed by atoms with Crippen molar-refractivity contribution < 1.29 is 19.4 Å². The first-order chi connectivity index (χ1) is 10.6. The Balaban J connectivity index is 1.64. The predicted octanol–water partition coefficient (Wildman–Crippen LogP) is 1.70. The number of thioether (sulfide) groups is 1. The lowest BCUT2D eigenvalue weighted by molar-refractivity contribution is -0.145. The van der Waals surface area contributed by atoms with Crippen LogP contribution in [0.15, 0.2) is 29.2 Å². The van der Waals surface area contributed by atoms with Gasteiger partial charge in [0, 0.05) is 17.4 Å². The molecule has 1 aromatic rings. The smallest absolute Gasteiger partial charge is 0.326 e. The highest BCUT2D eigenvalue weighted by atomic mass is 32.2. The minimum atomic E-state index is -0.982. The van der Waals surface area contributed by atoms with Gasteiger partial charge in [-0.3, -0.25) is 4.79 Å². The molecule has 6 heteroatoms. The number of hydrogen-bond donors (Lipinski definition) is 2. The minimum absolute atomic E-state index is 0.149. The van der Waals surface area contributed by atoms with Crippen LogP contribution in [-0.2, 0) is 20.7 Å². The summed E-state index contributed by atoms with van der Waals surface area (Å²) in [6.45, 7) is 1.07. The van der Waals surface area contributed by atoms with Crippen LogP contribution in [-0.4, -0.2) is 41.5 Å². The van der Waals surface area contributed by atoms with Crippen LogP contribution >= 0.6 is 11.8 Å². The van der Waals surface area contributed by atoms with Crippen molar-refractivity contribution in [3.05, 3.63) is 29.8 Å². The zero-order chi connectivity index (χ0) is 15.5. The Bertz CT molecular complexity index is 546. The van der Waals surface area contributed by atoms with Crippen LogP contribution in [0.3, 0.4) is 0 Å². The molecule has 2 N–H and O–H groups in total. The van der Waals surface area contributed by atoms with Gasteiger partial charge in [-0.25, -0.2) is 4.79 Å². The van der Waals surface area contributed by atoms with E-state index < -0.39 is 12.0 Å². The highest BCUT2D eigenvalue weighted by molar-refractivity contribution is 8.01. The summed E-state index contributed by atoms with van der Waals surface area (Å²) in [7, 11) is 0. The number of carboxylic acid groups (broad SMARTS) is 1. The molecular weight excluding hydrogens is 302 g/mol. The molecule has 0 bridgehead atoms. The second-order valence-corrected chi connectivity index (χ2v) is 6.96. The molecule has 3 atom stereocenters. The third kappa shape index (κ3) is 3.28. The summed E-state index contributed by atoms with van der Waals surface area (Å²) < 4.78 is 5.35. The van der Waals surface area contributed by atoms with E-state index in [9.17, 15) is 14.7 Å². The number of fused-ring (bicyclic) bond motifs is 1. The number of amides is 1. The summed E-state index contributed by atoms with van der Waals surface area (Å²) in [5, 5.41) is 11.9. The van der Waals surface area contributed by atoms with Gasteiger partial charge >= 0.3 is 5.97 Å². The quantitative estimate of drug-likeness (QED) is 0.883. The van der Waals surface area contributed by atoms with E-state index in [2.05, 4.69) is 5.32 Å². The molecule has 5 nitrogen and oxygen atoms in total. The summed E-state index contributed by atoms with van der Waals surface area (Å²) in [4.78, 5) is 25.0. The highest BCUT2D eigenvalue weighted by Gasteiger charge is 2.35. The molecule has 1 saturated heterocycles. The summed E-state index contributed by atoms with van der Waals surface area (Å²) in [6.07, 6.45) is 2.27. The molecule has 1 aromatic carbocycles. The minimum Gasteiger partial charge on any atom is -0.480 e. The number of hydrogen-bond acceptors (Lipinski definition) is 4. The monoisotopic (exact) mass is 321 g/mol. The molecule has 2 aliphatic heterocycles. The first kappa shape index (κ1) is 15.4. The van der Waals surface area contributed by atoms with Gasteiger partial charge < -0.3 is 15.2 Å². The van der Waals surface area contributed by atoms with E-state index in [4.69, 9.17) is 4.74 Å². The van der Waals surface area contributed by atoms with Gasteiger partial charge in [0.05, 0.1) is 11.9 Å². The molecule has 0 aliphatic carbocycles. The lowest BCUT2D eigenvalue weighted by atomic mass is 9.93. The van der Waals surface area contributed by atoms with Gasteiger partial charge in [-0.05, 0) is 30.9 Å². The normalized spacial score (nSPS) is 25.3. The van der Waals surface area contributed by atoms with Crippen LogP contribution in [0.4, 0.5) is 0 Å². The van der Waals surface area contributed by atoms with E-state index >= 15 is 0 Å². The van der Waals surface area contributed by atoms with Crippen LogP contribution < -0.4 is 5.32 Å². The van der Waals surface area contributed by atoms with E-state index in [0.29, 0.717) is 19.6 Å². The number of carboxylic acids is 1. The van der Waals surface area contributed by atoms with Gasteiger partial charge in [-0.1, -0.05) is 18.2 Å². The average Bonchev–Trinajstić information content (AvgIpc) is 2.97. The number of rotatable bonds is 4. The Hall–Kier alpha value is -1.53. The van der Waals surface area contributed by atoms with Crippen molar-refractivity contribution in [2.45, 2.75) is 35.4 Å². The summed E-state index contributed by atoms with van der Waals surface area (Å²) in [5.74, 6) is -1.33. The summed E-state index contributed by atoms with van der Waals surface area (Å²) in [5.41, 5.74) is 1.15. The molecule has 0 aromatic heterocycles. The molecule has 22 heavy (non-hydrogen) atoms. The third-order valence-electron chi connectivity index (χ3n) is 4.17. The molecule has 3 unspecified atom stereocenters. The van der Waals surface area contributed by atoms with Gasteiger partial charge in [0.2, 0.25) is 5.91 Å². The molecule has 1 fully saturated rings. The number of benzene rings is 1. The number of carbonyl (C=O) groups excluding carboxylic acids is 1. The molecule has 1 amide bonds. The Labute approximate surface area is 133 Å². The molecule has 2 heterocycles. The van der Waals surface area contributed by atoms with Crippen LogP contribution in [0.5, 0.6) is 0 Å². The van der Waals surface area contributed by atoms with Crippen molar-refractivity contribution in [1.82, 2.24) is 5.32 Å². The van der Waals surface area contributed by atoms with Crippen LogP contribution in [0.25, 0.3) is 0 Å². The molecule has 2 aliphatic rings. The maximum Gasteiger partial charge on any atom is 0.326 e. The largest absolute Gasteiger partial charge is 0.480 e. The topological polar surface area (TPSA) is 75.6 Å². The van der Waals surface area contributed by atoms with Crippen LogP contribution in [0.1, 0.15) is 18.4 Å². The number of ether oxygens (including phenoxy) is 1. The van der Waals surface area contributed by atoms with E-state index in [1.807, 2.05) is 24.3 Å². The van der Waals surface area contributed by atoms with E-state index in [1.54, 1.807) is 0 Å². The van der Waals surface area contributed by atoms with E-state index in [-0.39, 0.29) is 17.1 Å². The van der Waals surface area contributed by atoms with Crippen molar-refractivity contribution in [3.8, 4) is 0 Å². The van der Waals surface area contributed by atoms with Crippen molar-refractivity contribution in [3.63, 3.8) is 0 Å². The maximum absolute atomic E-state index is 12.4. The zero-order valence-corrected chi connectivity index (χ0v) is 13.0. The second kappa shape index (κ2) is 6.71. The van der Waals surface area contributed by atoms with Crippen molar-refractivity contribution in [1.29, 1.82) is 0 Å². The number of carbonyl (C=O) groups is 2. The van der Waals surface area contributed by atoms with Crippen molar-refractivity contribution >= 4 is 23.6 Å². The Morgan fingerprint density at radius 3 is 2.86 bits per heavy atom.